The van der Waals surface area contributed by atoms with E-state index in [-0.39, 0.29) is 35.9 Å². The van der Waals surface area contributed by atoms with Crippen LogP contribution in [0.2, 0.25) is 0 Å². The Morgan fingerprint density at radius 3 is 2.50 bits per heavy atom. The van der Waals surface area contributed by atoms with Crippen LogP contribution in [-0.2, 0) is 0 Å². The van der Waals surface area contributed by atoms with Gasteiger partial charge in [-0.3, -0.25) is 14.9 Å². The molecule has 0 unspecified atom stereocenters. The molecule has 1 amide bonds. The number of halogens is 2. The summed E-state index contributed by atoms with van der Waals surface area (Å²) < 4.78 is 27.5. The average molecular weight is 396 g/mol. The van der Waals surface area contributed by atoms with Crippen molar-refractivity contribution in [2.24, 2.45) is 5.92 Å². The second kappa shape index (κ2) is 7.89. The molecule has 2 aliphatic rings. The highest BCUT2D eigenvalue weighted by molar-refractivity contribution is 6.02. The van der Waals surface area contributed by atoms with Crippen LogP contribution in [0.3, 0.4) is 0 Å². The van der Waals surface area contributed by atoms with E-state index in [0.29, 0.717) is 11.6 Å². The van der Waals surface area contributed by atoms with Crippen molar-refractivity contribution in [1.82, 2.24) is 5.32 Å². The van der Waals surface area contributed by atoms with E-state index in [1.165, 1.54) is 24.1 Å². The molecule has 0 spiro atoms. The summed E-state index contributed by atoms with van der Waals surface area (Å²) in [6.07, 6.45) is 3.41. The summed E-state index contributed by atoms with van der Waals surface area (Å²) in [5.74, 6) is -2.67. The Morgan fingerprint density at radius 2 is 1.96 bits per heavy atom. The third-order valence-electron chi connectivity index (χ3n) is 5.69. The van der Waals surface area contributed by atoms with Gasteiger partial charge in [0.2, 0.25) is 0 Å². The maximum absolute atomic E-state index is 13.7. The number of anilines is 2. The monoisotopic (exact) mass is 396 g/mol. The first-order valence-corrected chi connectivity index (χ1v) is 9.64. The molecule has 1 aliphatic heterocycles. The Hall–Kier alpha value is -2.45. The summed E-state index contributed by atoms with van der Waals surface area (Å²) in [6, 6.07) is 2.62. The van der Waals surface area contributed by atoms with Crippen molar-refractivity contribution in [2.45, 2.75) is 51.0 Å². The van der Waals surface area contributed by atoms with Gasteiger partial charge >= 0.3 is 0 Å². The number of nitrogens with one attached hydrogen (secondary N) is 2. The Morgan fingerprint density at radius 1 is 1.29 bits per heavy atom. The van der Waals surface area contributed by atoms with E-state index in [0.717, 1.165) is 25.7 Å². The lowest BCUT2D eigenvalue weighted by molar-refractivity contribution is -0.383. The van der Waals surface area contributed by atoms with Crippen LogP contribution >= 0.6 is 0 Å². The van der Waals surface area contributed by atoms with E-state index < -0.39 is 23.3 Å². The molecule has 7 nitrogen and oxygen atoms in total. The molecule has 3 rings (SSSR count). The van der Waals surface area contributed by atoms with E-state index in [2.05, 4.69) is 17.6 Å². The molecular formula is C19H26F2N4O3. The minimum absolute atomic E-state index is 0.000369. The quantitative estimate of drug-likeness (QED) is 0.584. The van der Waals surface area contributed by atoms with Gasteiger partial charge in [0.05, 0.1) is 22.7 Å². The van der Waals surface area contributed by atoms with Crippen LogP contribution in [0.15, 0.2) is 12.1 Å². The minimum atomic E-state index is -2.84. The zero-order chi connectivity index (χ0) is 20.5. The molecule has 0 radical (unpaired) electrons. The van der Waals surface area contributed by atoms with Crippen molar-refractivity contribution in [2.75, 3.05) is 30.4 Å². The molecule has 1 heterocycles. The molecule has 154 valence electrons. The lowest BCUT2D eigenvalue weighted by Crippen LogP contribution is -2.38. The van der Waals surface area contributed by atoms with E-state index in [1.54, 1.807) is 0 Å². The summed E-state index contributed by atoms with van der Waals surface area (Å²) in [5, 5.41) is 17.1. The summed E-state index contributed by atoms with van der Waals surface area (Å²) in [6.45, 7) is 1.76. The van der Waals surface area contributed by atoms with E-state index in [1.807, 2.05) is 0 Å². The Labute approximate surface area is 162 Å². The highest BCUT2D eigenvalue weighted by Gasteiger charge is 2.40. The summed E-state index contributed by atoms with van der Waals surface area (Å²) in [4.78, 5) is 25.2. The number of carbonyl (C=O) groups excluding carboxylic acids is 1. The number of rotatable bonds is 5. The number of hydrogen-bond acceptors (Lipinski definition) is 5. The van der Waals surface area contributed by atoms with E-state index >= 15 is 0 Å². The zero-order valence-corrected chi connectivity index (χ0v) is 16.1. The minimum Gasteiger partial charge on any atom is -0.383 e. The predicted molar refractivity (Wildman–Crippen MR) is 103 cm³/mol. The molecule has 0 aromatic heterocycles. The number of nitrogens with zero attached hydrogens (tertiary/aromatic N) is 2. The number of nitro groups is 1. The van der Waals surface area contributed by atoms with Gasteiger partial charge in [-0.25, -0.2) is 8.78 Å². The maximum Gasteiger partial charge on any atom is 0.293 e. The number of alkyl halides is 2. The summed E-state index contributed by atoms with van der Waals surface area (Å²) in [5.41, 5.74) is 0.314. The molecule has 1 aliphatic carbocycles. The van der Waals surface area contributed by atoms with Gasteiger partial charge in [0.15, 0.2) is 0 Å². The van der Waals surface area contributed by atoms with Crippen molar-refractivity contribution in [1.29, 1.82) is 0 Å². The second-order valence-corrected chi connectivity index (χ2v) is 7.85. The fourth-order valence-electron chi connectivity index (χ4n) is 3.98. The molecule has 2 fully saturated rings. The van der Waals surface area contributed by atoms with Crippen LogP contribution in [-0.4, -0.2) is 42.9 Å². The Kier molecular flexibility index (Phi) is 5.71. The molecule has 0 bridgehead atoms. The van der Waals surface area contributed by atoms with Gasteiger partial charge in [-0.1, -0.05) is 6.92 Å². The SMILES string of the molecule is CNc1cc(N2CCC(F)(F)C2)c(C(=O)NC2CCC(C)CC2)cc1[N+](=O)[O-]. The molecule has 1 aromatic rings. The van der Waals surface area contributed by atoms with Gasteiger partial charge in [-0.15, -0.1) is 0 Å². The highest BCUT2D eigenvalue weighted by Crippen LogP contribution is 2.38. The smallest absolute Gasteiger partial charge is 0.293 e. The third-order valence-corrected chi connectivity index (χ3v) is 5.69. The van der Waals surface area contributed by atoms with Gasteiger partial charge in [0, 0.05) is 32.1 Å². The second-order valence-electron chi connectivity index (χ2n) is 7.85. The number of hydrogen-bond donors (Lipinski definition) is 2. The molecule has 2 N–H and O–H groups in total. The number of amides is 1. The van der Waals surface area contributed by atoms with Crippen LogP contribution < -0.4 is 15.5 Å². The normalized spacial score (nSPS) is 24.1. The first-order valence-electron chi connectivity index (χ1n) is 9.64. The standard InChI is InChI=1S/C19H26F2N4O3/c1-12-3-5-13(6-4-12)23-18(26)14-9-17(25(27)28)15(22-2)10-16(14)24-8-7-19(20,21)11-24/h9-10,12-13,22H,3-8,11H2,1-2H3,(H,23,26). The van der Waals surface area contributed by atoms with Crippen LogP contribution in [0, 0.1) is 16.0 Å². The Balaban J connectivity index is 1.93. The first kappa shape index (κ1) is 20.3. The van der Waals surface area contributed by atoms with Gasteiger partial charge in [0.25, 0.3) is 17.5 Å². The molecular weight excluding hydrogens is 370 g/mol. The van der Waals surface area contributed by atoms with E-state index in [4.69, 9.17) is 0 Å². The fraction of sp³-hybridized carbons (Fsp3) is 0.632. The maximum atomic E-state index is 13.7. The molecule has 0 atom stereocenters. The third kappa shape index (κ3) is 4.34. The topological polar surface area (TPSA) is 87.5 Å². The number of benzene rings is 1. The van der Waals surface area contributed by atoms with Gasteiger partial charge < -0.3 is 15.5 Å². The lowest BCUT2D eigenvalue weighted by Gasteiger charge is -2.28. The molecule has 1 saturated carbocycles. The largest absolute Gasteiger partial charge is 0.383 e. The van der Waals surface area contributed by atoms with Gasteiger partial charge in [-0.05, 0) is 37.7 Å². The first-order chi connectivity index (χ1) is 13.2. The highest BCUT2D eigenvalue weighted by atomic mass is 19.3. The van der Waals surface area contributed by atoms with Crippen LogP contribution in [0.25, 0.3) is 0 Å². The average Bonchev–Trinajstić information content (AvgIpc) is 3.02. The van der Waals surface area contributed by atoms with Crippen LogP contribution in [0.5, 0.6) is 0 Å². The number of nitro benzene ring substituents is 1. The molecule has 28 heavy (non-hydrogen) atoms. The van der Waals surface area contributed by atoms with Gasteiger partial charge in [0.1, 0.15) is 5.69 Å². The predicted octanol–water partition coefficient (Wildman–Crippen LogP) is 3.79. The van der Waals surface area contributed by atoms with Crippen molar-refractivity contribution in [3.63, 3.8) is 0 Å². The van der Waals surface area contributed by atoms with Crippen molar-refractivity contribution < 1.29 is 18.5 Å². The van der Waals surface area contributed by atoms with Crippen molar-refractivity contribution >= 4 is 23.0 Å². The van der Waals surface area contributed by atoms with Crippen molar-refractivity contribution in [3.05, 3.63) is 27.8 Å². The lowest BCUT2D eigenvalue weighted by atomic mass is 9.87. The van der Waals surface area contributed by atoms with Crippen LogP contribution in [0.4, 0.5) is 25.8 Å². The summed E-state index contributed by atoms with van der Waals surface area (Å²) >= 11 is 0. The number of carbonyl (C=O) groups is 1. The Bertz CT molecular complexity index is 764. The molecule has 1 aromatic carbocycles. The summed E-state index contributed by atoms with van der Waals surface area (Å²) in [7, 11) is 1.52. The molecule has 1 saturated heterocycles. The zero-order valence-electron chi connectivity index (χ0n) is 16.1. The van der Waals surface area contributed by atoms with E-state index in [9.17, 15) is 23.7 Å². The van der Waals surface area contributed by atoms with Crippen molar-refractivity contribution in [3.8, 4) is 0 Å². The van der Waals surface area contributed by atoms with Gasteiger partial charge in [-0.2, -0.15) is 0 Å². The fourth-order valence-corrected chi connectivity index (χ4v) is 3.98. The van der Waals surface area contributed by atoms with Crippen LogP contribution in [0.1, 0.15) is 49.4 Å². The molecule has 9 heteroatoms.